The van der Waals surface area contributed by atoms with Crippen molar-refractivity contribution in [3.05, 3.63) is 0 Å². The third kappa shape index (κ3) is 11.1. The van der Waals surface area contributed by atoms with Gasteiger partial charge in [-0.05, 0) is 0 Å². The molecule has 0 bridgehead atoms. The van der Waals surface area contributed by atoms with Crippen LogP contribution in [0.5, 0.6) is 0 Å². The lowest BCUT2D eigenvalue weighted by Gasteiger charge is -2.07. The van der Waals surface area contributed by atoms with Crippen molar-refractivity contribution in [3.63, 3.8) is 0 Å². The smallest absolute Gasteiger partial charge is 0.246 e. The highest BCUT2D eigenvalue weighted by Gasteiger charge is 1.99. The van der Waals surface area contributed by atoms with E-state index in [1.165, 1.54) is 14.2 Å². The van der Waals surface area contributed by atoms with E-state index in [0.717, 1.165) is 0 Å². The molecule has 0 fully saturated rings. The highest BCUT2D eigenvalue weighted by Crippen LogP contribution is 1.75. The number of carbonyl (C=O) groups excluding carboxylic acids is 2. The lowest BCUT2D eigenvalue weighted by Crippen LogP contribution is -2.32. The van der Waals surface area contributed by atoms with Gasteiger partial charge in [-0.25, -0.2) is 0 Å². The van der Waals surface area contributed by atoms with Crippen molar-refractivity contribution in [2.45, 2.75) is 0 Å². The van der Waals surface area contributed by atoms with Crippen LogP contribution in [0.4, 0.5) is 0 Å². The molecule has 0 rings (SSSR count). The summed E-state index contributed by atoms with van der Waals surface area (Å²) >= 11 is 0. The second-order valence-electron chi connectivity index (χ2n) is 3.18. The van der Waals surface area contributed by atoms with Crippen LogP contribution >= 0.6 is 0 Å². The summed E-state index contributed by atoms with van der Waals surface area (Å²) in [4.78, 5) is 21.9. The van der Waals surface area contributed by atoms with Gasteiger partial charge >= 0.3 is 0 Å². The van der Waals surface area contributed by atoms with Gasteiger partial charge in [-0.1, -0.05) is 0 Å². The summed E-state index contributed by atoms with van der Waals surface area (Å²) in [5.74, 6) is -0.353. The molecule has 0 saturated carbocycles. The molecule has 0 aliphatic heterocycles. The van der Waals surface area contributed by atoms with Crippen molar-refractivity contribution in [1.82, 2.24) is 10.6 Å². The van der Waals surface area contributed by atoms with Crippen molar-refractivity contribution < 1.29 is 23.8 Å². The summed E-state index contributed by atoms with van der Waals surface area (Å²) < 4.78 is 14.5. The Labute approximate surface area is 101 Å². The largest absolute Gasteiger partial charge is 0.378 e. The van der Waals surface area contributed by atoms with E-state index >= 15 is 0 Å². The number of methoxy groups -OCH3 is 2. The first-order valence-corrected chi connectivity index (χ1v) is 5.29. The predicted molar refractivity (Wildman–Crippen MR) is 60.6 cm³/mol. The van der Waals surface area contributed by atoms with Crippen LogP contribution in [0.25, 0.3) is 0 Å². The second-order valence-corrected chi connectivity index (χ2v) is 3.18. The van der Waals surface area contributed by atoms with Crippen LogP contribution in [0.2, 0.25) is 0 Å². The van der Waals surface area contributed by atoms with Gasteiger partial charge in [-0.15, -0.1) is 0 Å². The zero-order valence-corrected chi connectivity index (χ0v) is 10.3. The fourth-order valence-electron chi connectivity index (χ4n) is 0.992. The Bertz CT molecular complexity index is 201. The van der Waals surface area contributed by atoms with Crippen LogP contribution in [0.1, 0.15) is 0 Å². The van der Waals surface area contributed by atoms with Gasteiger partial charge in [-0.3, -0.25) is 9.59 Å². The molecule has 2 N–H and O–H groups in total. The van der Waals surface area contributed by atoms with Gasteiger partial charge in [0.1, 0.15) is 13.2 Å². The van der Waals surface area contributed by atoms with E-state index < -0.39 is 0 Å². The Morgan fingerprint density at radius 3 is 1.65 bits per heavy atom. The number of hydrogen-bond donors (Lipinski definition) is 2. The summed E-state index contributed by atoms with van der Waals surface area (Å²) in [5, 5.41) is 5.21. The fourth-order valence-corrected chi connectivity index (χ4v) is 0.992. The molecule has 0 aliphatic rings. The molecule has 100 valence electrons. The van der Waals surface area contributed by atoms with Gasteiger partial charge in [0.15, 0.2) is 0 Å². The molecule has 0 aliphatic carbocycles. The van der Waals surface area contributed by atoms with E-state index in [2.05, 4.69) is 20.1 Å². The minimum atomic E-state index is -0.176. The molecule has 17 heavy (non-hydrogen) atoms. The van der Waals surface area contributed by atoms with Crippen molar-refractivity contribution in [1.29, 1.82) is 0 Å². The highest BCUT2D eigenvalue weighted by molar-refractivity contribution is 5.77. The molecule has 0 heterocycles. The SMILES string of the molecule is COCC(=O)NCCOCCNC(=O)COC. The number of rotatable bonds is 10. The number of hydrogen-bond acceptors (Lipinski definition) is 5. The average molecular weight is 248 g/mol. The summed E-state index contributed by atoms with van der Waals surface area (Å²) in [5.41, 5.74) is 0. The molecule has 0 spiro atoms. The average Bonchev–Trinajstić information content (AvgIpc) is 2.28. The maximum Gasteiger partial charge on any atom is 0.246 e. The van der Waals surface area contributed by atoms with Crippen molar-refractivity contribution in [3.8, 4) is 0 Å². The van der Waals surface area contributed by atoms with Crippen LogP contribution < -0.4 is 10.6 Å². The standard InChI is InChI=1S/C10H20N2O5/c1-15-7-9(13)11-3-5-17-6-4-12-10(14)8-16-2/h3-8H2,1-2H3,(H,11,13)(H,12,14). The summed E-state index contributed by atoms with van der Waals surface area (Å²) in [6, 6.07) is 0. The van der Waals surface area contributed by atoms with Gasteiger partial charge in [-0.2, -0.15) is 0 Å². The molecule has 0 aromatic heterocycles. The molecule has 0 aromatic carbocycles. The number of amides is 2. The van der Waals surface area contributed by atoms with Gasteiger partial charge in [0, 0.05) is 27.3 Å². The molecular weight excluding hydrogens is 228 g/mol. The summed E-state index contributed by atoms with van der Waals surface area (Å²) in [6.45, 7) is 1.74. The summed E-state index contributed by atoms with van der Waals surface area (Å²) in [6.07, 6.45) is 0. The minimum absolute atomic E-state index is 0.0487. The molecule has 0 saturated heterocycles. The van der Waals surface area contributed by atoms with Gasteiger partial charge in [0.05, 0.1) is 13.2 Å². The first kappa shape index (κ1) is 15.8. The zero-order valence-electron chi connectivity index (χ0n) is 10.3. The first-order valence-electron chi connectivity index (χ1n) is 5.29. The molecule has 0 radical (unpaired) electrons. The molecule has 7 nitrogen and oxygen atoms in total. The Morgan fingerprint density at radius 2 is 1.29 bits per heavy atom. The van der Waals surface area contributed by atoms with Crippen molar-refractivity contribution >= 4 is 11.8 Å². The topological polar surface area (TPSA) is 85.9 Å². The minimum Gasteiger partial charge on any atom is -0.378 e. The third-order valence-corrected chi connectivity index (χ3v) is 1.69. The monoisotopic (exact) mass is 248 g/mol. The van der Waals surface area contributed by atoms with Crippen LogP contribution in [-0.4, -0.2) is 65.6 Å². The second kappa shape index (κ2) is 11.3. The molecule has 0 unspecified atom stereocenters. The van der Waals surface area contributed by atoms with Crippen LogP contribution in [-0.2, 0) is 23.8 Å². The zero-order chi connectivity index (χ0) is 12.9. The molecule has 2 amide bonds. The molecule has 0 aromatic rings. The lowest BCUT2D eigenvalue weighted by atomic mass is 10.5. The van der Waals surface area contributed by atoms with E-state index in [0.29, 0.717) is 26.3 Å². The van der Waals surface area contributed by atoms with Crippen molar-refractivity contribution in [2.24, 2.45) is 0 Å². The molecule has 0 atom stereocenters. The van der Waals surface area contributed by atoms with Gasteiger partial charge < -0.3 is 24.8 Å². The Kier molecular flexibility index (Phi) is 10.5. The normalized spacial score (nSPS) is 10.0. The Morgan fingerprint density at radius 1 is 0.882 bits per heavy atom. The molecule has 7 heteroatoms. The maximum absolute atomic E-state index is 10.9. The lowest BCUT2D eigenvalue weighted by molar-refractivity contribution is -0.125. The first-order chi connectivity index (χ1) is 8.20. The van der Waals surface area contributed by atoms with Crippen molar-refractivity contribution in [2.75, 3.05) is 53.7 Å². The summed E-state index contributed by atoms with van der Waals surface area (Å²) in [7, 11) is 2.91. The van der Waals surface area contributed by atoms with E-state index in [4.69, 9.17) is 4.74 Å². The maximum atomic E-state index is 10.9. The van der Waals surface area contributed by atoms with Crippen LogP contribution in [0.3, 0.4) is 0 Å². The Hall–Kier alpha value is -1.18. The van der Waals surface area contributed by atoms with E-state index in [9.17, 15) is 9.59 Å². The van der Waals surface area contributed by atoms with E-state index in [1.807, 2.05) is 0 Å². The van der Waals surface area contributed by atoms with E-state index in [1.54, 1.807) is 0 Å². The third-order valence-electron chi connectivity index (χ3n) is 1.69. The number of nitrogens with one attached hydrogen (secondary N) is 2. The van der Waals surface area contributed by atoms with Gasteiger partial charge in [0.25, 0.3) is 0 Å². The van der Waals surface area contributed by atoms with Crippen LogP contribution in [0.15, 0.2) is 0 Å². The fraction of sp³-hybridized carbons (Fsp3) is 0.800. The Balaban J connectivity index is 3.18. The van der Waals surface area contributed by atoms with Gasteiger partial charge in [0.2, 0.25) is 11.8 Å². The van der Waals surface area contributed by atoms with E-state index in [-0.39, 0.29) is 25.0 Å². The quantitative estimate of drug-likeness (QED) is 0.461. The number of carbonyl (C=O) groups is 2. The van der Waals surface area contributed by atoms with Crippen LogP contribution in [0, 0.1) is 0 Å². The number of ether oxygens (including phenoxy) is 3. The molecular formula is C10H20N2O5. The predicted octanol–water partition coefficient (Wildman–Crippen LogP) is -1.47. The highest BCUT2D eigenvalue weighted by atomic mass is 16.5.